The number of rotatable bonds is 6. The van der Waals surface area contributed by atoms with Gasteiger partial charge >= 0.3 is 5.97 Å². The van der Waals surface area contributed by atoms with Gasteiger partial charge in [0.1, 0.15) is 0 Å². The summed E-state index contributed by atoms with van der Waals surface area (Å²) in [7, 11) is 0. The van der Waals surface area contributed by atoms with Gasteiger partial charge in [-0.2, -0.15) is 0 Å². The maximum absolute atomic E-state index is 13.3. The van der Waals surface area contributed by atoms with Crippen LogP contribution >= 0.6 is 11.8 Å². The Labute approximate surface area is 203 Å². The van der Waals surface area contributed by atoms with Crippen LogP contribution in [0.5, 0.6) is 0 Å². The van der Waals surface area contributed by atoms with Crippen molar-refractivity contribution in [3.05, 3.63) is 95.6 Å². The number of amides is 1. The normalized spacial score (nSPS) is 11.8. The van der Waals surface area contributed by atoms with Gasteiger partial charge in [-0.3, -0.25) is 14.4 Å². The van der Waals surface area contributed by atoms with Crippen molar-refractivity contribution >= 4 is 45.9 Å². The number of hydrogen-bond acceptors (Lipinski definition) is 5. The number of ketones is 1. The summed E-state index contributed by atoms with van der Waals surface area (Å²) in [6, 6.07) is 19.8. The molecule has 0 unspecified atom stereocenters. The SMILES string of the molecule is O=C(COC(=O)CSc1ccc2c3c(cccc13)C(=O)c1ccccc1-2)Nc1ccc(F)c(F)c1. The third-order valence-corrected chi connectivity index (χ3v) is 6.67. The summed E-state index contributed by atoms with van der Waals surface area (Å²) in [6.45, 7) is -0.562. The van der Waals surface area contributed by atoms with E-state index < -0.39 is 30.1 Å². The van der Waals surface area contributed by atoms with Crippen LogP contribution in [0.3, 0.4) is 0 Å². The minimum absolute atomic E-state index is 0.0349. The zero-order valence-corrected chi connectivity index (χ0v) is 19.0. The summed E-state index contributed by atoms with van der Waals surface area (Å²) >= 11 is 1.24. The van der Waals surface area contributed by atoms with Crippen molar-refractivity contribution in [2.45, 2.75) is 4.90 Å². The molecule has 0 aliphatic heterocycles. The van der Waals surface area contributed by atoms with Gasteiger partial charge in [-0.25, -0.2) is 8.78 Å². The summed E-state index contributed by atoms with van der Waals surface area (Å²) in [4.78, 5) is 38.0. The van der Waals surface area contributed by atoms with E-state index in [0.29, 0.717) is 11.1 Å². The van der Waals surface area contributed by atoms with Crippen LogP contribution < -0.4 is 5.32 Å². The number of hydrogen-bond donors (Lipinski definition) is 1. The molecule has 0 radical (unpaired) electrons. The second-order valence-electron chi connectivity index (χ2n) is 7.84. The molecule has 1 N–H and O–H groups in total. The van der Waals surface area contributed by atoms with Gasteiger partial charge in [-0.15, -0.1) is 11.8 Å². The first-order valence-corrected chi connectivity index (χ1v) is 11.6. The third kappa shape index (κ3) is 4.40. The van der Waals surface area contributed by atoms with Crippen LogP contribution in [0, 0.1) is 11.6 Å². The number of carbonyl (C=O) groups excluding carboxylic acids is 3. The molecular formula is C27H17F2NO4S. The molecule has 4 aromatic carbocycles. The number of fused-ring (bicyclic) bond motifs is 2. The highest BCUT2D eigenvalue weighted by atomic mass is 32.2. The molecule has 1 amide bonds. The van der Waals surface area contributed by atoms with E-state index in [1.165, 1.54) is 17.8 Å². The maximum atomic E-state index is 13.3. The fraction of sp³-hybridized carbons (Fsp3) is 0.0741. The summed E-state index contributed by atoms with van der Waals surface area (Å²) in [5.41, 5.74) is 3.18. The Balaban J connectivity index is 1.27. The van der Waals surface area contributed by atoms with Crippen LogP contribution in [-0.2, 0) is 14.3 Å². The van der Waals surface area contributed by atoms with Crippen molar-refractivity contribution in [1.29, 1.82) is 0 Å². The minimum Gasteiger partial charge on any atom is -0.455 e. The van der Waals surface area contributed by atoms with E-state index in [-0.39, 0.29) is 17.2 Å². The molecule has 0 saturated carbocycles. The molecule has 5 nitrogen and oxygen atoms in total. The molecule has 0 atom stereocenters. The molecule has 0 fully saturated rings. The smallest absolute Gasteiger partial charge is 0.316 e. The van der Waals surface area contributed by atoms with E-state index in [4.69, 9.17) is 4.74 Å². The van der Waals surface area contributed by atoms with Crippen molar-refractivity contribution < 1.29 is 27.9 Å². The zero-order chi connectivity index (χ0) is 24.5. The fourth-order valence-electron chi connectivity index (χ4n) is 4.08. The van der Waals surface area contributed by atoms with Crippen molar-refractivity contribution in [1.82, 2.24) is 0 Å². The predicted molar refractivity (Wildman–Crippen MR) is 129 cm³/mol. The van der Waals surface area contributed by atoms with E-state index in [1.54, 1.807) is 6.07 Å². The summed E-state index contributed by atoms with van der Waals surface area (Å²) in [6.07, 6.45) is 0. The second kappa shape index (κ2) is 9.31. The molecule has 174 valence electrons. The number of esters is 1. The van der Waals surface area contributed by atoms with Crippen LogP contribution in [0.4, 0.5) is 14.5 Å². The second-order valence-corrected chi connectivity index (χ2v) is 8.86. The quantitative estimate of drug-likeness (QED) is 0.248. The van der Waals surface area contributed by atoms with Crippen LogP contribution in [0.1, 0.15) is 15.9 Å². The molecule has 5 rings (SSSR count). The predicted octanol–water partition coefficient (Wildman–Crippen LogP) is 5.60. The van der Waals surface area contributed by atoms with Crippen LogP contribution in [0.2, 0.25) is 0 Å². The Morgan fingerprint density at radius 2 is 1.60 bits per heavy atom. The van der Waals surface area contributed by atoms with Crippen LogP contribution in [0.15, 0.2) is 77.7 Å². The Bertz CT molecular complexity index is 1520. The molecule has 1 aliphatic rings. The van der Waals surface area contributed by atoms with E-state index in [0.717, 1.165) is 38.9 Å². The fourth-order valence-corrected chi connectivity index (χ4v) is 4.92. The first-order chi connectivity index (χ1) is 16.9. The van der Waals surface area contributed by atoms with Gasteiger partial charge in [0.05, 0.1) is 5.75 Å². The molecule has 0 spiro atoms. The lowest BCUT2D eigenvalue weighted by atomic mass is 9.83. The van der Waals surface area contributed by atoms with Crippen molar-refractivity contribution in [2.24, 2.45) is 0 Å². The molecule has 0 aromatic heterocycles. The number of anilines is 1. The first kappa shape index (κ1) is 22.7. The van der Waals surface area contributed by atoms with Gasteiger partial charge in [-0.05, 0) is 34.7 Å². The highest BCUT2D eigenvalue weighted by Gasteiger charge is 2.25. The van der Waals surface area contributed by atoms with Crippen molar-refractivity contribution in [3.63, 3.8) is 0 Å². The number of benzene rings is 4. The number of nitrogens with one attached hydrogen (secondary N) is 1. The van der Waals surface area contributed by atoms with E-state index in [2.05, 4.69) is 5.32 Å². The van der Waals surface area contributed by atoms with Gasteiger partial charge in [0, 0.05) is 33.2 Å². The number of ether oxygens (including phenoxy) is 1. The van der Waals surface area contributed by atoms with Crippen molar-refractivity contribution in [2.75, 3.05) is 17.7 Å². The van der Waals surface area contributed by atoms with E-state index >= 15 is 0 Å². The largest absolute Gasteiger partial charge is 0.455 e. The highest BCUT2D eigenvalue weighted by Crippen LogP contribution is 2.42. The lowest BCUT2D eigenvalue weighted by Crippen LogP contribution is -2.21. The molecule has 0 saturated heterocycles. The highest BCUT2D eigenvalue weighted by molar-refractivity contribution is 8.00. The van der Waals surface area contributed by atoms with Crippen LogP contribution in [-0.4, -0.2) is 30.0 Å². The van der Waals surface area contributed by atoms with Gasteiger partial charge in [0.25, 0.3) is 5.91 Å². The monoisotopic (exact) mass is 489 g/mol. The lowest BCUT2D eigenvalue weighted by molar-refractivity contribution is -0.144. The lowest BCUT2D eigenvalue weighted by Gasteiger charge is -2.21. The van der Waals surface area contributed by atoms with E-state index in [1.807, 2.05) is 48.5 Å². The summed E-state index contributed by atoms with van der Waals surface area (Å²) in [5, 5.41) is 4.05. The van der Waals surface area contributed by atoms with Gasteiger partial charge < -0.3 is 10.1 Å². The average molecular weight is 489 g/mol. The topological polar surface area (TPSA) is 72.5 Å². The maximum Gasteiger partial charge on any atom is 0.316 e. The molecule has 0 heterocycles. The standard InChI is InChI=1S/C27H17F2NO4S/c28-21-10-8-15(12-22(21)29)30-24(31)13-34-25(32)14-35-23-11-9-17-16-4-1-2-5-18(16)27(33)20-7-3-6-19(23)26(17)20/h1-12H,13-14H2,(H,30,31). The Morgan fingerprint density at radius 3 is 2.40 bits per heavy atom. The number of halogens is 2. The average Bonchev–Trinajstić information content (AvgIpc) is 2.87. The Morgan fingerprint density at radius 1 is 0.829 bits per heavy atom. The third-order valence-electron chi connectivity index (χ3n) is 5.62. The van der Waals surface area contributed by atoms with Crippen molar-refractivity contribution in [3.8, 4) is 11.1 Å². The van der Waals surface area contributed by atoms with Crippen LogP contribution in [0.25, 0.3) is 21.9 Å². The molecule has 4 aromatic rings. The van der Waals surface area contributed by atoms with E-state index in [9.17, 15) is 23.2 Å². The minimum atomic E-state index is -1.09. The Kier molecular flexibility index (Phi) is 6.05. The van der Waals surface area contributed by atoms with Gasteiger partial charge in [0.2, 0.25) is 0 Å². The molecule has 0 bridgehead atoms. The number of carbonyl (C=O) groups is 3. The zero-order valence-electron chi connectivity index (χ0n) is 18.1. The van der Waals surface area contributed by atoms with Gasteiger partial charge in [-0.1, -0.05) is 48.5 Å². The van der Waals surface area contributed by atoms with Gasteiger partial charge in [0.15, 0.2) is 24.0 Å². The molecule has 35 heavy (non-hydrogen) atoms. The molecule has 1 aliphatic carbocycles. The Hall–Kier alpha value is -4.04. The molecule has 8 heteroatoms. The number of thioether (sulfide) groups is 1. The summed E-state index contributed by atoms with van der Waals surface area (Å²) < 4.78 is 31.3. The summed E-state index contributed by atoms with van der Waals surface area (Å²) in [5.74, 6) is -3.50. The molecular weight excluding hydrogens is 472 g/mol. The first-order valence-electron chi connectivity index (χ1n) is 10.7.